The Kier molecular flexibility index (Phi) is 5.11. The maximum Gasteiger partial charge on any atom is 0.0679 e. The van der Waals surface area contributed by atoms with Crippen LogP contribution in [-0.2, 0) is 6.54 Å². The Morgan fingerprint density at radius 3 is 2.07 bits per heavy atom. The fourth-order valence-electron chi connectivity index (χ4n) is 4.20. The zero-order chi connectivity index (χ0) is 18.8. The van der Waals surface area contributed by atoms with E-state index in [0.29, 0.717) is 0 Å². The minimum absolute atomic E-state index is 0.188. The zero-order valence-corrected chi connectivity index (χ0v) is 16.2. The lowest BCUT2D eigenvalue weighted by atomic mass is 9.87. The molecule has 1 heterocycles. The summed E-state index contributed by atoms with van der Waals surface area (Å²) in [6, 6.07) is 23.9. The third-order valence-corrected chi connectivity index (χ3v) is 5.64. The summed E-state index contributed by atoms with van der Waals surface area (Å²) in [5.74, 6) is 0. The largest absolute Gasteiger partial charge is 0.392 e. The molecule has 4 rings (SSSR count). The van der Waals surface area contributed by atoms with E-state index in [4.69, 9.17) is 0 Å². The van der Waals surface area contributed by atoms with Gasteiger partial charge in [-0.05, 0) is 59.2 Å². The average molecular weight is 357 g/mol. The number of hydrogen-bond donors (Lipinski definition) is 1. The topological polar surface area (TPSA) is 23.5 Å². The molecule has 0 spiro atoms. The molecule has 1 saturated heterocycles. The van der Waals surface area contributed by atoms with Crippen molar-refractivity contribution in [1.29, 1.82) is 0 Å². The van der Waals surface area contributed by atoms with E-state index in [1.807, 2.05) is 0 Å². The Labute approximate surface area is 162 Å². The van der Waals surface area contributed by atoms with Gasteiger partial charge in [-0.1, -0.05) is 66.7 Å². The fraction of sp³-hybridized carbons (Fsp3) is 0.280. The van der Waals surface area contributed by atoms with E-state index in [2.05, 4.69) is 85.5 Å². The average Bonchev–Trinajstić information content (AvgIpc) is 3.08. The molecule has 0 aromatic heterocycles. The summed E-state index contributed by atoms with van der Waals surface area (Å²) in [6.45, 7) is 6.97. The Hall–Kier alpha value is -2.42. The second-order valence-corrected chi connectivity index (χ2v) is 7.65. The van der Waals surface area contributed by atoms with Crippen LogP contribution < -0.4 is 0 Å². The number of likely N-dealkylation sites (tertiary alicyclic amines) is 1. The van der Waals surface area contributed by atoms with Crippen LogP contribution in [0.3, 0.4) is 0 Å². The van der Waals surface area contributed by atoms with E-state index in [9.17, 15) is 5.11 Å². The molecule has 2 nitrogen and oxygen atoms in total. The lowest BCUT2D eigenvalue weighted by Gasteiger charge is -2.22. The van der Waals surface area contributed by atoms with E-state index in [1.165, 1.54) is 38.9 Å². The number of benzene rings is 3. The van der Waals surface area contributed by atoms with Gasteiger partial charge in [-0.3, -0.25) is 4.90 Å². The first-order valence-electron chi connectivity index (χ1n) is 9.78. The van der Waals surface area contributed by atoms with Crippen molar-refractivity contribution in [3.8, 4) is 22.3 Å². The van der Waals surface area contributed by atoms with Gasteiger partial charge in [0.15, 0.2) is 0 Å². The van der Waals surface area contributed by atoms with Crippen molar-refractivity contribution < 1.29 is 5.11 Å². The number of nitrogens with zero attached hydrogens (tertiary/aromatic N) is 1. The number of aliphatic hydroxyl groups excluding tert-OH is 1. The highest BCUT2D eigenvalue weighted by molar-refractivity contribution is 5.88. The van der Waals surface area contributed by atoms with Crippen LogP contribution in [0.4, 0.5) is 0 Å². The number of aliphatic hydroxyl groups is 1. The number of rotatable bonds is 4. The summed E-state index contributed by atoms with van der Waals surface area (Å²) in [7, 11) is 0. The number of β-amino-alcohol motifs (C(OH)–C–C–N with tert-alkyl or cyclic N) is 1. The highest BCUT2D eigenvalue weighted by Gasteiger charge is 2.22. The van der Waals surface area contributed by atoms with E-state index in [0.717, 1.165) is 26.1 Å². The summed E-state index contributed by atoms with van der Waals surface area (Å²) < 4.78 is 0. The first-order chi connectivity index (χ1) is 13.1. The molecule has 2 heteroatoms. The molecule has 1 N–H and O–H groups in total. The normalized spacial score (nSPS) is 17.4. The predicted octanol–water partition coefficient (Wildman–Crippen LogP) is 5.20. The van der Waals surface area contributed by atoms with Crippen molar-refractivity contribution in [1.82, 2.24) is 4.90 Å². The highest BCUT2D eigenvalue weighted by atomic mass is 16.3. The number of aryl methyl sites for hydroxylation is 2. The van der Waals surface area contributed by atoms with Crippen LogP contribution in [0.15, 0.2) is 66.7 Å². The number of hydrogen-bond acceptors (Lipinski definition) is 2. The van der Waals surface area contributed by atoms with Crippen molar-refractivity contribution >= 4 is 0 Å². The minimum atomic E-state index is -0.188. The van der Waals surface area contributed by atoms with Crippen LogP contribution in [-0.4, -0.2) is 29.2 Å². The molecule has 1 fully saturated rings. The highest BCUT2D eigenvalue weighted by Crippen LogP contribution is 2.38. The first kappa shape index (κ1) is 18.0. The van der Waals surface area contributed by atoms with E-state index in [-0.39, 0.29) is 6.10 Å². The Bertz CT molecular complexity index is 947. The molecule has 138 valence electrons. The van der Waals surface area contributed by atoms with Crippen molar-refractivity contribution in [3.05, 3.63) is 83.4 Å². The Morgan fingerprint density at radius 1 is 0.815 bits per heavy atom. The van der Waals surface area contributed by atoms with Crippen LogP contribution in [0.1, 0.15) is 23.1 Å². The van der Waals surface area contributed by atoms with Gasteiger partial charge in [-0.15, -0.1) is 0 Å². The molecule has 1 aliphatic heterocycles. The minimum Gasteiger partial charge on any atom is -0.392 e. The molecular formula is C25H27NO. The lowest BCUT2D eigenvalue weighted by molar-refractivity contribution is 0.175. The second kappa shape index (κ2) is 7.67. The molecular weight excluding hydrogens is 330 g/mol. The van der Waals surface area contributed by atoms with Gasteiger partial charge in [-0.2, -0.15) is 0 Å². The van der Waals surface area contributed by atoms with E-state index >= 15 is 0 Å². The Morgan fingerprint density at radius 2 is 1.44 bits per heavy atom. The van der Waals surface area contributed by atoms with Crippen LogP contribution in [0.2, 0.25) is 0 Å². The van der Waals surface area contributed by atoms with Crippen molar-refractivity contribution in [2.45, 2.75) is 32.9 Å². The van der Waals surface area contributed by atoms with Crippen molar-refractivity contribution in [3.63, 3.8) is 0 Å². The monoisotopic (exact) mass is 357 g/mol. The molecule has 0 saturated carbocycles. The van der Waals surface area contributed by atoms with Gasteiger partial charge in [0.2, 0.25) is 0 Å². The second-order valence-electron chi connectivity index (χ2n) is 7.65. The molecule has 0 aliphatic carbocycles. The molecule has 0 amide bonds. The SMILES string of the molecule is Cc1ccccc1-c1cccc(CN2CCC(O)C2)c1-c1ccccc1C. The van der Waals surface area contributed by atoms with E-state index in [1.54, 1.807) is 0 Å². The molecule has 1 unspecified atom stereocenters. The molecule has 27 heavy (non-hydrogen) atoms. The molecule has 3 aromatic rings. The molecule has 3 aromatic carbocycles. The van der Waals surface area contributed by atoms with Crippen molar-refractivity contribution in [2.24, 2.45) is 0 Å². The van der Waals surface area contributed by atoms with Crippen molar-refractivity contribution in [2.75, 3.05) is 13.1 Å². The first-order valence-corrected chi connectivity index (χ1v) is 9.78. The molecule has 0 radical (unpaired) electrons. The van der Waals surface area contributed by atoms with Crippen LogP contribution >= 0.6 is 0 Å². The molecule has 1 aliphatic rings. The lowest BCUT2D eigenvalue weighted by Crippen LogP contribution is -2.22. The molecule has 1 atom stereocenters. The summed E-state index contributed by atoms with van der Waals surface area (Å²) in [6.07, 6.45) is 0.684. The third kappa shape index (κ3) is 3.69. The van der Waals surface area contributed by atoms with Gasteiger partial charge < -0.3 is 5.11 Å². The van der Waals surface area contributed by atoms with Gasteiger partial charge in [-0.25, -0.2) is 0 Å². The summed E-state index contributed by atoms with van der Waals surface area (Å²) in [5.41, 5.74) is 9.12. The quantitative estimate of drug-likeness (QED) is 0.693. The van der Waals surface area contributed by atoms with Gasteiger partial charge in [0.05, 0.1) is 6.10 Å². The van der Waals surface area contributed by atoms with Gasteiger partial charge in [0.1, 0.15) is 0 Å². The van der Waals surface area contributed by atoms with Gasteiger partial charge in [0.25, 0.3) is 0 Å². The third-order valence-electron chi connectivity index (χ3n) is 5.64. The predicted molar refractivity (Wildman–Crippen MR) is 113 cm³/mol. The standard InChI is InChI=1S/C25H27NO/c1-18-8-3-5-11-22(18)24-13-7-10-20(16-26-15-14-21(27)17-26)25(24)23-12-6-4-9-19(23)2/h3-13,21,27H,14-17H2,1-2H3. The fourth-order valence-corrected chi connectivity index (χ4v) is 4.20. The van der Waals surface area contributed by atoms with Gasteiger partial charge in [0, 0.05) is 19.6 Å². The van der Waals surface area contributed by atoms with Gasteiger partial charge >= 0.3 is 0 Å². The maximum absolute atomic E-state index is 9.94. The molecule has 0 bridgehead atoms. The van der Waals surface area contributed by atoms with Crippen LogP contribution in [0, 0.1) is 13.8 Å². The summed E-state index contributed by atoms with van der Waals surface area (Å²) >= 11 is 0. The maximum atomic E-state index is 9.94. The smallest absolute Gasteiger partial charge is 0.0679 e. The van der Waals surface area contributed by atoms with Crippen LogP contribution in [0.5, 0.6) is 0 Å². The zero-order valence-electron chi connectivity index (χ0n) is 16.2. The van der Waals surface area contributed by atoms with E-state index < -0.39 is 0 Å². The van der Waals surface area contributed by atoms with Crippen LogP contribution in [0.25, 0.3) is 22.3 Å². The summed E-state index contributed by atoms with van der Waals surface area (Å²) in [5, 5.41) is 9.94. The summed E-state index contributed by atoms with van der Waals surface area (Å²) in [4.78, 5) is 2.36. The Balaban J connectivity index is 1.88.